The standard InChI is InChI=1S/C27H21F3N4O4/c1-34-21-12-17(38-22-10-11-31-20-14-24(37-3)23(36-2)13-19(20)22)8-9-18(21)25(33-34)32-26(35)15-4-6-16(7-5-15)27(28,29)30/h4-14H,1-3H3,(H,32,33,35). The van der Waals surface area contributed by atoms with E-state index in [0.29, 0.717) is 39.4 Å². The molecule has 0 aliphatic carbocycles. The second-order valence-electron chi connectivity index (χ2n) is 8.32. The third-order valence-electron chi connectivity index (χ3n) is 5.96. The van der Waals surface area contributed by atoms with Crippen LogP contribution in [0, 0.1) is 0 Å². The molecule has 5 rings (SSSR count). The maximum atomic E-state index is 12.8. The minimum absolute atomic E-state index is 0.0772. The summed E-state index contributed by atoms with van der Waals surface area (Å²) in [6.45, 7) is 0. The molecule has 3 aromatic carbocycles. The molecular weight excluding hydrogens is 501 g/mol. The summed E-state index contributed by atoms with van der Waals surface area (Å²) < 4.78 is 57.0. The molecule has 0 saturated heterocycles. The van der Waals surface area contributed by atoms with Gasteiger partial charge in [0.1, 0.15) is 11.5 Å². The predicted octanol–water partition coefficient (Wildman–Crippen LogP) is 6.20. The zero-order valence-corrected chi connectivity index (χ0v) is 20.5. The number of alkyl halides is 3. The van der Waals surface area contributed by atoms with Gasteiger partial charge in [-0.1, -0.05) is 0 Å². The maximum absolute atomic E-state index is 12.8. The summed E-state index contributed by atoms with van der Waals surface area (Å²) in [4.78, 5) is 17.0. The topological polar surface area (TPSA) is 87.5 Å². The number of benzene rings is 3. The zero-order chi connectivity index (χ0) is 27.0. The third kappa shape index (κ3) is 4.65. The molecule has 11 heteroatoms. The van der Waals surface area contributed by atoms with Crippen LogP contribution in [0.5, 0.6) is 23.0 Å². The van der Waals surface area contributed by atoms with Gasteiger partial charge in [0, 0.05) is 41.7 Å². The molecule has 38 heavy (non-hydrogen) atoms. The number of nitrogens with zero attached hydrogens (tertiary/aromatic N) is 3. The van der Waals surface area contributed by atoms with E-state index in [1.165, 1.54) is 0 Å². The molecule has 0 bridgehead atoms. The van der Waals surface area contributed by atoms with Gasteiger partial charge in [0.15, 0.2) is 17.3 Å². The van der Waals surface area contributed by atoms with Gasteiger partial charge in [-0.2, -0.15) is 18.3 Å². The number of pyridine rings is 1. The minimum atomic E-state index is -4.48. The lowest BCUT2D eigenvalue weighted by atomic mass is 10.1. The van der Waals surface area contributed by atoms with Gasteiger partial charge in [0.2, 0.25) is 0 Å². The summed E-state index contributed by atoms with van der Waals surface area (Å²) in [6, 6.07) is 14.5. The molecule has 2 heterocycles. The SMILES string of the molecule is COc1cc2nccc(Oc3ccc4c(NC(=O)c5ccc(C(F)(F)F)cc5)nn(C)c4c3)c2cc1OC. The van der Waals surface area contributed by atoms with Crippen LogP contribution in [-0.4, -0.2) is 34.9 Å². The van der Waals surface area contributed by atoms with E-state index >= 15 is 0 Å². The number of rotatable bonds is 6. The number of anilines is 1. The van der Waals surface area contributed by atoms with Crippen LogP contribution >= 0.6 is 0 Å². The molecule has 194 valence electrons. The molecule has 2 aromatic heterocycles. The number of aromatic nitrogens is 3. The van der Waals surface area contributed by atoms with E-state index < -0.39 is 17.6 Å². The van der Waals surface area contributed by atoms with Crippen molar-refractivity contribution >= 4 is 33.5 Å². The second kappa shape index (κ2) is 9.58. The Kier molecular flexibility index (Phi) is 6.27. The van der Waals surface area contributed by atoms with E-state index in [-0.39, 0.29) is 11.4 Å². The number of methoxy groups -OCH3 is 2. The van der Waals surface area contributed by atoms with Crippen LogP contribution in [0.3, 0.4) is 0 Å². The summed E-state index contributed by atoms with van der Waals surface area (Å²) in [5.74, 6) is 1.84. The van der Waals surface area contributed by atoms with Gasteiger partial charge in [-0.3, -0.25) is 14.5 Å². The van der Waals surface area contributed by atoms with E-state index in [4.69, 9.17) is 14.2 Å². The molecule has 0 aliphatic heterocycles. The van der Waals surface area contributed by atoms with Gasteiger partial charge in [0.25, 0.3) is 5.91 Å². The van der Waals surface area contributed by atoms with Crippen molar-refractivity contribution in [2.75, 3.05) is 19.5 Å². The van der Waals surface area contributed by atoms with E-state index in [1.54, 1.807) is 68.5 Å². The lowest BCUT2D eigenvalue weighted by molar-refractivity contribution is -0.137. The fraction of sp³-hybridized carbons (Fsp3) is 0.148. The highest BCUT2D eigenvalue weighted by Crippen LogP contribution is 2.38. The van der Waals surface area contributed by atoms with Gasteiger partial charge >= 0.3 is 6.18 Å². The fourth-order valence-electron chi connectivity index (χ4n) is 4.05. The smallest absolute Gasteiger partial charge is 0.416 e. The second-order valence-corrected chi connectivity index (χ2v) is 8.32. The number of aryl methyl sites for hydroxylation is 1. The highest BCUT2D eigenvalue weighted by atomic mass is 19.4. The van der Waals surface area contributed by atoms with Crippen LogP contribution in [0.1, 0.15) is 15.9 Å². The predicted molar refractivity (Wildman–Crippen MR) is 135 cm³/mol. The minimum Gasteiger partial charge on any atom is -0.493 e. The molecule has 0 unspecified atom stereocenters. The highest BCUT2D eigenvalue weighted by Gasteiger charge is 2.30. The monoisotopic (exact) mass is 522 g/mol. The molecule has 0 aliphatic rings. The van der Waals surface area contributed by atoms with Crippen molar-refractivity contribution in [3.05, 3.63) is 78.0 Å². The summed E-state index contributed by atoms with van der Waals surface area (Å²) in [5.41, 5.74) is 0.579. The molecule has 1 N–H and O–H groups in total. The number of amides is 1. The van der Waals surface area contributed by atoms with Crippen LogP contribution in [0.25, 0.3) is 21.8 Å². The molecule has 0 fully saturated rings. The Balaban J connectivity index is 1.42. The summed E-state index contributed by atoms with van der Waals surface area (Å²) in [7, 11) is 4.80. The van der Waals surface area contributed by atoms with Crippen LogP contribution in [0.15, 0.2) is 66.9 Å². The maximum Gasteiger partial charge on any atom is 0.416 e. The molecule has 5 aromatic rings. The van der Waals surface area contributed by atoms with E-state index in [1.807, 2.05) is 0 Å². The number of halogens is 3. The Hall–Kier alpha value is -4.80. The normalized spacial score (nSPS) is 11.5. The number of carbonyl (C=O) groups excluding carboxylic acids is 1. The number of nitrogens with one attached hydrogen (secondary N) is 1. The van der Waals surface area contributed by atoms with Crippen molar-refractivity contribution in [2.24, 2.45) is 7.05 Å². The number of ether oxygens (including phenoxy) is 3. The zero-order valence-electron chi connectivity index (χ0n) is 20.5. The lowest BCUT2D eigenvalue weighted by Gasteiger charge is -2.12. The van der Waals surface area contributed by atoms with E-state index in [9.17, 15) is 18.0 Å². The Labute approximate surface area is 214 Å². The van der Waals surface area contributed by atoms with Crippen molar-refractivity contribution in [1.82, 2.24) is 14.8 Å². The largest absolute Gasteiger partial charge is 0.493 e. The van der Waals surface area contributed by atoms with Gasteiger partial charge in [-0.25, -0.2) is 0 Å². The highest BCUT2D eigenvalue weighted by molar-refractivity contribution is 6.08. The summed E-state index contributed by atoms with van der Waals surface area (Å²) >= 11 is 0. The first kappa shape index (κ1) is 24.9. The lowest BCUT2D eigenvalue weighted by Crippen LogP contribution is -2.13. The van der Waals surface area contributed by atoms with Crippen molar-refractivity contribution in [2.45, 2.75) is 6.18 Å². The van der Waals surface area contributed by atoms with Gasteiger partial charge in [-0.15, -0.1) is 0 Å². The van der Waals surface area contributed by atoms with E-state index in [2.05, 4.69) is 15.4 Å². The summed E-state index contributed by atoms with van der Waals surface area (Å²) in [5, 5.41) is 8.38. The fourth-order valence-corrected chi connectivity index (χ4v) is 4.05. The first-order chi connectivity index (χ1) is 18.2. The first-order valence-corrected chi connectivity index (χ1v) is 11.3. The van der Waals surface area contributed by atoms with Crippen molar-refractivity contribution in [3.8, 4) is 23.0 Å². The average Bonchev–Trinajstić information content (AvgIpc) is 3.21. The number of fused-ring (bicyclic) bond motifs is 2. The Morgan fingerprint density at radius 2 is 1.61 bits per heavy atom. The molecule has 0 saturated carbocycles. The third-order valence-corrected chi connectivity index (χ3v) is 5.96. The number of hydrogen-bond donors (Lipinski definition) is 1. The number of carbonyl (C=O) groups is 1. The summed E-state index contributed by atoms with van der Waals surface area (Å²) in [6.07, 6.45) is -2.85. The molecule has 0 radical (unpaired) electrons. The Bertz CT molecular complexity index is 1660. The molecule has 0 spiro atoms. The van der Waals surface area contributed by atoms with Crippen molar-refractivity contribution in [1.29, 1.82) is 0 Å². The van der Waals surface area contributed by atoms with Crippen molar-refractivity contribution in [3.63, 3.8) is 0 Å². The molecular formula is C27H21F3N4O4. The molecule has 1 amide bonds. The quantitative estimate of drug-likeness (QED) is 0.286. The van der Waals surface area contributed by atoms with Crippen molar-refractivity contribution < 1.29 is 32.2 Å². The molecule has 8 nitrogen and oxygen atoms in total. The van der Waals surface area contributed by atoms with Crippen LogP contribution in [0.4, 0.5) is 19.0 Å². The number of hydrogen-bond acceptors (Lipinski definition) is 6. The van der Waals surface area contributed by atoms with Crippen LogP contribution in [0.2, 0.25) is 0 Å². The van der Waals surface area contributed by atoms with E-state index in [0.717, 1.165) is 29.7 Å². The van der Waals surface area contributed by atoms with Gasteiger partial charge < -0.3 is 19.5 Å². The van der Waals surface area contributed by atoms with Crippen LogP contribution < -0.4 is 19.5 Å². The van der Waals surface area contributed by atoms with Gasteiger partial charge in [0.05, 0.1) is 30.8 Å². The Morgan fingerprint density at radius 3 is 2.29 bits per heavy atom. The first-order valence-electron chi connectivity index (χ1n) is 11.3. The molecule has 0 atom stereocenters. The van der Waals surface area contributed by atoms with Gasteiger partial charge in [-0.05, 0) is 48.5 Å². The Morgan fingerprint density at radius 1 is 0.895 bits per heavy atom. The average molecular weight is 522 g/mol. The van der Waals surface area contributed by atoms with Crippen LogP contribution in [-0.2, 0) is 13.2 Å².